The summed E-state index contributed by atoms with van der Waals surface area (Å²) >= 11 is 0. The van der Waals surface area contributed by atoms with Gasteiger partial charge in [-0.05, 0) is 79.6 Å². The number of nitrogens with zero attached hydrogens (tertiary/aromatic N) is 3. The van der Waals surface area contributed by atoms with Gasteiger partial charge in [-0.1, -0.05) is 209 Å². The number of benzene rings is 8. The first kappa shape index (κ1) is 49.5. The Morgan fingerprint density at radius 3 is 1.90 bits per heavy atom. The second-order valence-electron chi connectivity index (χ2n) is 23.2. The van der Waals surface area contributed by atoms with Gasteiger partial charge in [0.15, 0.2) is 5.58 Å². The number of pyridine rings is 1. The number of phenolic OH excluding ortho intramolecular Hbond substituents is 1. The number of fused-ring (bicyclic) bond motifs is 6. The minimum Gasteiger partial charge on any atom is -0.507 e. The van der Waals surface area contributed by atoms with Crippen LogP contribution in [0.3, 0.4) is 0 Å². The van der Waals surface area contributed by atoms with Crippen molar-refractivity contribution >= 4 is 43.7 Å². The molecule has 0 radical (unpaired) electrons. The largest absolute Gasteiger partial charge is 0.507 e. The fourth-order valence-electron chi connectivity index (χ4n) is 10.4. The molecule has 0 unspecified atom stereocenters. The summed E-state index contributed by atoms with van der Waals surface area (Å²) in [4.78, 5) is 10.9. The molecule has 6 heteroatoms. The Balaban J connectivity index is 0.00000611. The first-order chi connectivity index (χ1) is 34.3. The van der Waals surface area contributed by atoms with Gasteiger partial charge in [0, 0.05) is 54.1 Å². The average molecular weight is 1140 g/mol. The van der Waals surface area contributed by atoms with Gasteiger partial charge in [-0.2, -0.15) is 0 Å². The van der Waals surface area contributed by atoms with Gasteiger partial charge < -0.3 is 9.52 Å². The summed E-state index contributed by atoms with van der Waals surface area (Å²) in [7, 11) is 0. The van der Waals surface area contributed by atoms with Crippen LogP contribution >= 0.6 is 0 Å². The minimum absolute atomic E-state index is 0. The Kier molecular flexibility index (Phi) is 12.3. The summed E-state index contributed by atoms with van der Waals surface area (Å²) in [6.07, 6.45) is 1.86. The molecule has 3 aromatic heterocycles. The SMILES string of the molecule is CC(C)(C)c1ccc(-n2c(-c3cc(C(C)(C)C)cc(C(C)(C)C)c3O)nc3c(-c4[c-]c(-c5cc6c(cn5)oc5ccc7ccccc7c56)cc(C(C)(C)c5ccccc5)c4)cccc32)c(-c2ccccc2)c1.[Pt]. The van der Waals surface area contributed by atoms with Crippen LogP contribution < -0.4 is 0 Å². The van der Waals surface area contributed by atoms with Crippen LogP contribution in [0.15, 0.2) is 174 Å². The molecule has 5 nitrogen and oxygen atoms in total. The molecule has 1 N–H and O–H groups in total. The van der Waals surface area contributed by atoms with Crippen LogP contribution in [0.25, 0.3) is 94.3 Å². The van der Waals surface area contributed by atoms with Crippen molar-refractivity contribution in [2.24, 2.45) is 0 Å². The molecule has 0 amide bonds. The fourth-order valence-corrected chi connectivity index (χ4v) is 10.4. The van der Waals surface area contributed by atoms with Crippen LogP contribution in [0.2, 0.25) is 0 Å². The maximum absolute atomic E-state index is 12.7. The summed E-state index contributed by atoms with van der Waals surface area (Å²) in [5.74, 6) is 0.905. The summed E-state index contributed by atoms with van der Waals surface area (Å²) in [5.41, 5.74) is 15.1. The van der Waals surface area contributed by atoms with Crippen LogP contribution in [0.1, 0.15) is 104 Å². The second kappa shape index (κ2) is 18.1. The van der Waals surface area contributed by atoms with E-state index in [1.54, 1.807) is 0 Å². The Labute approximate surface area is 444 Å². The fraction of sp³-hybridized carbons (Fsp3) is 0.224. The van der Waals surface area contributed by atoms with E-state index in [-0.39, 0.29) is 43.1 Å². The van der Waals surface area contributed by atoms with E-state index < -0.39 is 5.41 Å². The number of hydrogen-bond acceptors (Lipinski definition) is 4. The standard InChI is InChI=1S/C67H62N3O2.Pt/c1-64(2,3)46-30-31-56(51(36-46)41-21-14-12-15-22-41)70-57-28-20-27-50(61(57)69-63(70)53-37-47(65(4,5)6)38-54(62(53)71)66(7,8)9)43-33-44(35-48(34-43)67(10,11)45-24-16-13-17-25-45)55-39-52-59(40-68-55)72-58-32-29-42-23-18-19-26-49(42)60(52)58;/h12-32,34-40,71H,1-11H3;/q-1;. The zero-order chi connectivity index (χ0) is 50.5. The summed E-state index contributed by atoms with van der Waals surface area (Å²) < 4.78 is 8.72. The van der Waals surface area contributed by atoms with Gasteiger partial charge in [0.05, 0.1) is 28.5 Å². The molecule has 0 bridgehead atoms. The van der Waals surface area contributed by atoms with E-state index in [1.807, 2.05) is 6.20 Å². The normalized spacial score (nSPS) is 12.5. The molecule has 0 saturated carbocycles. The van der Waals surface area contributed by atoms with E-state index in [4.69, 9.17) is 14.4 Å². The van der Waals surface area contributed by atoms with E-state index in [0.29, 0.717) is 11.4 Å². The summed E-state index contributed by atoms with van der Waals surface area (Å²) in [6.45, 7) is 24.5. The molecular weight excluding hydrogens is 1070 g/mol. The molecule has 368 valence electrons. The minimum atomic E-state index is -0.400. The molecule has 0 fully saturated rings. The van der Waals surface area contributed by atoms with Crippen LogP contribution in [0, 0.1) is 6.07 Å². The Bertz CT molecular complexity index is 3900. The second-order valence-corrected chi connectivity index (χ2v) is 23.2. The zero-order valence-electron chi connectivity index (χ0n) is 43.7. The van der Waals surface area contributed by atoms with E-state index >= 15 is 0 Å². The van der Waals surface area contributed by atoms with Crippen molar-refractivity contribution in [3.05, 3.63) is 204 Å². The number of aromatic nitrogens is 3. The van der Waals surface area contributed by atoms with Gasteiger partial charge in [0.2, 0.25) is 0 Å². The van der Waals surface area contributed by atoms with Crippen molar-refractivity contribution in [1.82, 2.24) is 14.5 Å². The van der Waals surface area contributed by atoms with Crippen LogP contribution in [-0.2, 0) is 42.7 Å². The third kappa shape index (κ3) is 8.80. The first-order valence-corrected chi connectivity index (χ1v) is 25.2. The average Bonchev–Trinajstić information content (AvgIpc) is 3.94. The van der Waals surface area contributed by atoms with Gasteiger partial charge in [-0.15, -0.1) is 29.3 Å². The van der Waals surface area contributed by atoms with Crippen LogP contribution in [0.4, 0.5) is 0 Å². The van der Waals surface area contributed by atoms with E-state index in [2.05, 4.69) is 251 Å². The Morgan fingerprint density at radius 2 is 1.19 bits per heavy atom. The number of hydrogen-bond donors (Lipinski definition) is 1. The van der Waals surface area contributed by atoms with Gasteiger partial charge >= 0.3 is 0 Å². The quantitative estimate of drug-likeness (QED) is 0.162. The molecular formula is C67H62N3O2Pt-. The molecule has 0 atom stereocenters. The van der Waals surface area contributed by atoms with Gasteiger partial charge in [-0.3, -0.25) is 9.55 Å². The van der Waals surface area contributed by atoms with E-state index in [0.717, 1.165) is 99.6 Å². The number of phenols is 1. The van der Waals surface area contributed by atoms with Crippen molar-refractivity contribution in [1.29, 1.82) is 0 Å². The van der Waals surface area contributed by atoms with E-state index in [1.165, 1.54) is 11.1 Å². The van der Waals surface area contributed by atoms with Gasteiger partial charge in [0.1, 0.15) is 17.2 Å². The maximum atomic E-state index is 12.7. The van der Waals surface area contributed by atoms with Crippen molar-refractivity contribution < 1.29 is 30.6 Å². The monoisotopic (exact) mass is 1140 g/mol. The molecule has 3 heterocycles. The van der Waals surface area contributed by atoms with Gasteiger partial charge in [-0.25, -0.2) is 4.98 Å². The Hall–Kier alpha value is -7.07. The molecule has 0 aliphatic carbocycles. The van der Waals surface area contributed by atoms with Crippen LogP contribution in [-0.4, -0.2) is 19.6 Å². The van der Waals surface area contributed by atoms with Crippen molar-refractivity contribution in [3.63, 3.8) is 0 Å². The number of para-hydroxylation sites is 1. The molecule has 11 aromatic rings. The third-order valence-electron chi connectivity index (χ3n) is 14.8. The number of rotatable bonds is 7. The Morgan fingerprint density at radius 1 is 0.521 bits per heavy atom. The molecule has 0 aliphatic heterocycles. The molecule has 0 saturated heterocycles. The number of imidazole rings is 1. The first-order valence-electron chi connectivity index (χ1n) is 25.2. The predicted molar refractivity (Wildman–Crippen MR) is 301 cm³/mol. The molecule has 11 rings (SSSR count). The molecule has 73 heavy (non-hydrogen) atoms. The number of aromatic hydroxyl groups is 1. The summed E-state index contributed by atoms with van der Waals surface area (Å²) in [6, 6.07) is 62.2. The predicted octanol–water partition coefficient (Wildman–Crippen LogP) is 17.9. The van der Waals surface area contributed by atoms with Gasteiger partial charge in [0.25, 0.3) is 0 Å². The van der Waals surface area contributed by atoms with E-state index in [9.17, 15) is 5.11 Å². The molecule has 8 aromatic carbocycles. The molecule has 0 aliphatic rings. The number of furan rings is 1. The van der Waals surface area contributed by atoms with Crippen LogP contribution in [0.5, 0.6) is 5.75 Å². The third-order valence-corrected chi connectivity index (χ3v) is 14.8. The van der Waals surface area contributed by atoms with Crippen molar-refractivity contribution in [2.75, 3.05) is 0 Å². The summed E-state index contributed by atoms with van der Waals surface area (Å²) in [5, 5.41) is 17.1. The van der Waals surface area contributed by atoms with Crippen molar-refractivity contribution in [3.8, 4) is 56.3 Å². The smallest absolute Gasteiger partial charge is 0.152 e. The maximum Gasteiger partial charge on any atom is 0.152 e. The topological polar surface area (TPSA) is 64.1 Å². The van der Waals surface area contributed by atoms with Crippen molar-refractivity contribution in [2.45, 2.75) is 97.8 Å². The zero-order valence-corrected chi connectivity index (χ0v) is 46.0. The molecule has 0 spiro atoms.